The molecular formula is C42H32N4. The lowest BCUT2D eigenvalue weighted by atomic mass is 9.85. The van der Waals surface area contributed by atoms with Crippen LogP contribution >= 0.6 is 0 Å². The van der Waals surface area contributed by atoms with Gasteiger partial charge in [-0.3, -0.25) is 0 Å². The number of nitrogens with zero attached hydrogens (tertiary/aromatic N) is 4. The van der Waals surface area contributed by atoms with E-state index in [0.717, 1.165) is 33.7 Å². The lowest BCUT2D eigenvalue weighted by Crippen LogP contribution is -1.93. The molecule has 7 aromatic carbocycles. The SMILES string of the molecule is Cc1nc2ccc(-c3cccc4c(-c5cccc6ccccc56)c5cccc(-c6ccc7nc(C)n(C)c7c6)c5cc34)cc2n1C. The van der Waals surface area contributed by atoms with Gasteiger partial charge in [-0.15, -0.1) is 0 Å². The van der Waals surface area contributed by atoms with Crippen molar-refractivity contribution in [1.29, 1.82) is 0 Å². The third kappa shape index (κ3) is 3.86. The van der Waals surface area contributed by atoms with Gasteiger partial charge in [-0.05, 0) is 110 Å². The van der Waals surface area contributed by atoms with Crippen molar-refractivity contribution in [2.75, 3.05) is 0 Å². The van der Waals surface area contributed by atoms with Gasteiger partial charge < -0.3 is 9.13 Å². The Balaban J connectivity index is 1.42. The molecule has 4 nitrogen and oxygen atoms in total. The summed E-state index contributed by atoms with van der Waals surface area (Å²) < 4.78 is 4.35. The number of fused-ring (bicyclic) bond motifs is 5. The molecule has 0 spiro atoms. The second-order valence-electron chi connectivity index (χ2n) is 12.4. The van der Waals surface area contributed by atoms with Crippen molar-refractivity contribution in [3.63, 3.8) is 0 Å². The van der Waals surface area contributed by atoms with Crippen LogP contribution in [0.1, 0.15) is 11.6 Å². The maximum atomic E-state index is 4.76. The molecule has 0 saturated heterocycles. The molecular weight excluding hydrogens is 560 g/mol. The van der Waals surface area contributed by atoms with E-state index in [1.54, 1.807) is 0 Å². The average Bonchev–Trinajstić information content (AvgIpc) is 3.54. The highest BCUT2D eigenvalue weighted by molar-refractivity contribution is 6.21. The summed E-state index contributed by atoms with van der Waals surface area (Å²) in [6, 6.07) is 44.7. The summed E-state index contributed by atoms with van der Waals surface area (Å²) in [4.78, 5) is 9.53. The molecule has 0 unspecified atom stereocenters. The fourth-order valence-corrected chi connectivity index (χ4v) is 7.36. The number of hydrogen-bond donors (Lipinski definition) is 0. The van der Waals surface area contributed by atoms with Crippen LogP contribution in [0.3, 0.4) is 0 Å². The molecule has 4 heteroatoms. The molecule has 0 radical (unpaired) electrons. The van der Waals surface area contributed by atoms with Crippen LogP contribution in [0.5, 0.6) is 0 Å². The topological polar surface area (TPSA) is 35.6 Å². The standard InChI is InChI=1S/C42H32N4/c1-25-43-38-20-18-28(22-40(38)45(25)3)31-13-8-16-34-36(31)24-37-32(29-19-21-39-41(23-29)46(4)26(2)44-39)14-9-17-35(37)42(34)33-15-7-11-27-10-5-6-12-30(27)33/h5-24H,1-4H3. The first kappa shape index (κ1) is 26.6. The van der Waals surface area contributed by atoms with Gasteiger partial charge in [-0.1, -0.05) is 91.0 Å². The number of hydrogen-bond acceptors (Lipinski definition) is 2. The number of benzene rings is 7. The zero-order valence-electron chi connectivity index (χ0n) is 26.3. The van der Waals surface area contributed by atoms with E-state index in [4.69, 9.17) is 9.97 Å². The van der Waals surface area contributed by atoms with E-state index in [2.05, 4.69) is 158 Å². The van der Waals surface area contributed by atoms with E-state index in [0.29, 0.717) is 0 Å². The molecule has 2 heterocycles. The first-order chi connectivity index (χ1) is 22.5. The Morgan fingerprint density at radius 1 is 0.435 bits per heavy atom. The number of imidazole rings is 2. The lowest BCUT2D eigenvalue weighted by molar-refractivity contribution is 0.886. The predicted octanol–water partition coefficient (Wildman–Crippen LogP) is 10.5. The summed E-state index contributed by atoms with van der Waals surface area (Å²) in [7, 11) is 4.19. The van der Waals surface area contributed by atoms with Gasteiger partial charge in [0.05, 0.1) is 22.1 Å². The van der Waals surface area contributed by atoms with Gasteiger partial charge in [0.2, 0.25) is 0 Å². The quantitative estimate of drug-likeness (QED) is 0.191. The normalized spacial score (nSPS) is 11.9. The largest absolute Gasteiger partial charge is 0.331 e. The third-order valence-electron chi connectivity index (χ3n) is 9.93. The summed E-state index contributed by atoms with van der Waals surface area (Å²) in [6.45, 7) is 4.12. The van der Waals surface area contributed by atoms with Gasteiger partial charge in [-0.25, -0.2) is 9.97 Å². The van der Waals surface area contributed by atoms with Gasteiger partial charge in [0, 0.05) is 14.1 Å². The van der Waals surface area contributed by atoms with Crippen molar-refractivity contribution in [1.82, 2.24) is 19.1 Å². The first-order valence-electron chi connectivity index (χ1n) is 15.8. The zero-order chi connectivity index (χ0) is 31.1. The third-order valence-corrected chi connectivity index (χ3v) is 9.93. The van der Waals surface area contributed by atoms with Gasteiger partial charge in [0.15, 0.2) is 0 Å². The van der Waals surface area contributed by atoms with Crippen molar-refractivity contribution in [3.05, 3.63) is 133 Å². The Kier molecular flexibility index (Phi) is 5.72. The predicted molar refractivity (Wildman–Crippen MR) is 193 cm³/mol. The molecule has 0 saturated carbocycles. The molecule has 46 heavy (non-hydrogen) atoms. The molecule has 9 rings (SSSR count). The van der Waals surface area contributed by atoms with Gasteiger partial charge in [-0.2, -0.15) is 0 Å². The summed E-state index contributed by atoms with van der Waals surface area (Å²) in [5.41, 5.74) is 11.7. The summed E-state index contributed by atoms with van der Waals surface area (Å²) in [5.74, 6) is 2.03. The van der Waals surface area contributed by atoms with Crippen LogP contribution in [-0.4, -0.2) is 19.1 Å². The van der Waals surface area contributed by atoms with E-state index < -0.39 is 0 Å². The summed E-state index contributed by atoms with van der Waals surface area (Å²) >= 11 is 0. The Morgan fingerprint density at radius 2 is 0.913 bits per heavy atom. The van der Waals surface area contributed by atoms with Crippen molar-refractivity contribution >= 4 is 54.4 Å². The molecule has 0 amide bonds. The monoisotopic (exact) mass is 592 g/mol. The van der Waals surface area contributed by atoms with Crippen LogP contribution in [-0.2, 0) is 14.1 Å². The van der Waals surface area contributed by atoms with E-state index in [1.807, 2.05) is 0 Å². The van der Waals surface area contributed by atoms with Gasteiger partial charge in [0.1, 0.15) is 11.6 Å². The minimum Gasteiger partial charge on any atom is -0.331 e. The van der Waals surface area contributed by atoms with E-state index in [1.165, 1.54) is 65.7 Å². The molecule has 0 atom stereocenters. The molecule has 0 aliphatic heterocycles. The van der Waals surface area contributed by atoms with Crippen LogP contribution < -0.4 is 0 Å². The van der Waals surface area contributed by atoms with Gasteiger partial charge in [0.25, 0.3) is 0 Å². The number of rotatable bonds is 3. The molecule has 0 N–H and O–H groups in total. The second kappa shape index (κ2) is 9.88. The number of aryl methyl sites for hydroxylation is 4. The van der Waals surface area contributed by atoms with Crippen LogP contribution in [0.2, 0.25) is 0 Å². The van der Waals surface area contributed by atoms with E-state index in [-0.39, 0.29) is 0 Å². The Hall–Kier alpha value is -5.74. The molecule has 0 aliphatic carbocycles. The maximum Gasteiger partial charge on any atom is 0.106 e. The van der Waals surface area contributed by atoms with Crippen molar-refractivity contribution in [2.24, 2.45) is 14.1 Å². The van der Waals surface area contributed by atoms with Crippen LogP contribution in [0.25, 0.3) is 87.8 Å². The Bertz CT molecular complexity index is 2540. The minimum absolute atomic E-state index is 1.01. The summed E-state index contributed by atoms with van der Waals surface area (Å²) in [6.07, 6.45) is 0. The maximum absolute atomic E-state index is 4.76. The average molecular weight is 593 g/mol. The molecule has 0 fully saturated rings. The van der Waals surface area contributed by atoms with Crippen molar-refractivity contribution in [2.45, 2.75) is 13.8 Å². The molecule has 0 bridgehead atoms. The van der Waals surface area contributed by atoms with Crippen molar-refractivity contribution in [3.8, 4) is 33.4 Å². The molecule has 0 aliphatic rings. The van der Waals surface area contributed by atoms with E-state index >= 15 is 0 Å². The second-order valence-corrected chi connectivity index (χ2v) is 12.4. The molecule has 9 aromatic rings. The van der Waals surface area contributed by atoms with Crippen LogP contribution in [0.15, 0.2) is 121 Å². The number of aromatic nitrogens is 4. The smallest absolute Gasteiger partial charge is 0.106 e. The zero-order valence-corrected chi connectivity index (χ0v) is 26.3. The Morgan fingerprint density at radius 3 is 1.50 bits per heavy atom. The van der Waals surface area contributed by atoms with Crippen molar-refractivity contribution < 1.29 is 0 Å². The highest BCUT2D eigenvalue weighted by Crippen LogP contribution is 2.45. The van der Waals surface area contributed by atoms with Crippen LogP contribution in [0.4, 0.5) is 0 Å². The fourth-order valence-electron chi connectivity index (χ4n) is 7.36. The molecule has 2 aromatic heterocycles. The minimum atomic E-state index is 1.01. The highest BCUT2D eigenvalue weighted by atomic mass is 15.1. The lowest BCUT2D eigenvalue weighted by Gasteiger charge is -2.18. The first-order valence-corrected chi connectivity index (χ1v) is 15.8. The van der Waals surface area contributed by atoms with Gasteiger partial charge >= 0.3 is 0 Å². The van der Waals surface area contributed by atoms with Crippen LogP contribution in [0, 0.1) is 13.8 Å². The highest BCUT2D eigenvalue weighted by Gasteiger charge is 2.18. The summed E-state index contributed by atoms with van der Waals surface area (Å²) in [5, 5.41) is 7.47. The van der Waals surface area contributed by atoms with E-state index in [9.17, 15) is 0 Å². The fraction of sp³-hybridized carbons (Fsp3) is 0.0952. The Labute approximate surface area is 267 Å². The molecule has 220 valence electrons.